The number of alkyl carbamates (subject to hydrolysis) is 1. The van der Waals surface area contributed by atoms with Gasteiger partial charge in [-0.3, -0.25) is 0 Å². The number of ether oxygens (including phenoxy) is 3. The lowest BCUT2D eigenvalue weighted by atomic mass is 10.5. The zero-order valence-electron chi connectivity index (χ0n) is 15.8. The van der Waals surface area contributed by atoms with Gasteiger partial charge in [0.25, 0.3) is 0 Å². The average Bonchev–Trinajstić information content (AvgIpc) is 2.52. The van der Waals surface area contributed by atoms with Gasteiger partial charge in [-0.2, -0.15) is 0 Å². The first-order valence-electron chi connectivity index (χ1n) is 8.47. The van der Waals surface area contributed by atoms with E-state index in [1.165, 1.54) is 7.11 Å². The fraction of sp³-hybridized carbons (Fsp3) is 0.933. The smallest absolute Gasteiger partial charge is 0.420 e. The Morgan fingerprint density at radius 2 is 1.54 bits per heavy atom. The first-order chi connectivity index (χ1) is 11.4. The van der Waals surface area contributed by atoms with Crippen molar-refractivity contribution in [1.82, 2.24) is 5.32 Å². The Labute approximate surface area is 146 Å². The van der Waals surface area contributed by atoms with Crippen LogP contribution in [0, 0.1) is 0 Å². The monoisotopic (exact) mass is 367 g/mol. The highest BCUT2D eigenvalue weighted by molar-refractivity contribution is 6.60. The molecule has 0 saturated heterocycles. The van der Waals surface area contributed by atoms with Gasteiger partial charge in [0.15, 0.2) is 6.29 Å². The van der Waals surface area contributed by atoms with Crippen molar-refractivity contribution in [3.8, 4) is 0 Å². The Morgan fingerprint density at radius 1 is 1.00 bits per heavy atom. The molecule has 0 aliphatic heterocycles. The maximum atomic E-state index is 11.7. The number of carbonyl (C=O) groups is 1. The summed E-state index contributed by atoms with van der Waals surface area (Å²) in [4.78, 5) is 11.7. The second-order valence-electron chi connectivity index (χ2n) is 4.92. The summed E-state index contributed by atoms with van der Waals surface area (Å²) >= 11 is 0. The van der Waals surface area contributed by atoms with Gasteiger partial charge in [-0.1, -0.05) is 0 Å². The zero-order chi connectivity index (χ0) is 18.4. The normalized spacial score (nSPS) is 14.2. The van der Waals surface area contributed by atoms with E-state index in [4.69, 9.17) is 27.5 Å². The molecule has 1 N–H and O–H groups in total. The first kappa shape index (κ1) is 23.3. The van der Waals surface area contributed by atoms with Gasteiger partial charge in [0.05, 0.1) is 0 Å². The molecule has 24 heavy (non-hydrogen) atoms. The fourth-order valence-corrected chi connectivity index (χ4v) is 4.65. The summed E-state index contributed by atoms with van der Waals surface area (Å²) in [5.41, 5.74) is 0. The number of hydrogen-bond acceptors (Lipinski definition) is 7. The summed E-state index contributed by atoms with van der Waals surface area (Å²) < 4.78 is 32.5. The number of rotatable bonds is 14. The molecule has 0 aliphatic carbocycles. The SMILES string of the molecule is CCO[Si](CCCNC(=O)OC(C)OC(C)OC)(OCC)OCC. The molecule has 0 aliphatic rings. The van der Waals surface area contributed by atoms with E-state index in [9.17, 15) is 4.79 Å². The minimum absolute atomic E-state index is 0.438. The molecule has 0 aromatic carbocycles. The third-order valence-electron chi connectivity index (χ3n) is 3.01. The van der Waals surface area contributed by atoms with Gasteiger partial charge < -0.3 is 32.8 Å². The van der Waals surface area contributed by atoms with E-state index in [-0.39, 0.29) is 0 Å². The lowest BCUT2D eigenvalue weighted by molar-refractivity contribution is -0.202. The summed E-state index contributed by atoms with van der Waals surface area (Å²) in [6.45, 7) is 11.1. The van der Waals surface area contributed by atoms with Crippen LogP contribution < -0.4 is 5.32 Å². The molecule has 2 unspecified atom stereocenters. The molecular formula is C15H33NO7Si. The fourth-order valence-electron chi connectivity index (χ4n) is 2.04. The summed E-state index contributed by atoms with van der Waals surface area (Å²) in [6, 6.07) is 0.634. The Bertz CT molecular complexity index is 316. The zero-order valence-corrected chi connectivity index (χ0v) is 16.8. The lowest BCUT2D eigenvalue weighted by Gasteiger charge is -2.28. The molecule has 0 heterocycles. The van der Waals surface area contributed by atoms with Crippen molar-refractivity contribution in [3.63, 3.8) is 0 Å². The number of carbonyl (C=O) groups excluding carboxylic acids is 1. The Morgan fingerprint density at radius 3 is 2.00 bits per heavy atom. The topological polar surface area (TPSA) is 84.5 Å². The first-order valence-corrected chi connectivity index (χ1v) is 10.4. The molecule has 9 heteroatoms. The van der Waals surface area contributed by atoms with Crippen LogP contribution in [0.2, 0.25) is 6.04 Å². The standard InChI is InChI=1S/C15H33NO7Si/c1-7-19-24(20-8-2,21-9-3)12-10-11-16-15(17)23-14(5)22-13(4)18-6/h13-14H,7-12H2,1-6H3,(H,16,17). The number of nitrogens with one attached hydrogen (secondary N) is 1. The molecule has 0 aromatic rings. The maximum Gasteiger partial charge on any atom is 0.500 e. The van der Waals surface area contributed by atoms with E-state index in [2.05, 4.69) is 5.32 Å². The quantitative estimate of drug-likeness (QED) is 0.287. The van der Waals surface area contributed by atoms with Crippen molar-refractivity contribution < 1.29 is 32.3 Å². The summed E-state index contributed by atoms with van der Waals surface area (Å²) in [6.07, 6.45) is -1.00. The molecule has 0 fully saturated rings. The van der Waals surface area contributed by atoms with E-state index < -0.39 is 27.5 Å². The van der Waals surface area contributed by atoms with E-state index in [0.29, 0.717) is 38.8 Å². The minimum atomic E-state index is -2.66. The van der Waals surface area contributed by atoms with Gasteiger partial charge in [0, 0.05) is 39.5 Å². The van der Waals surface area contributed by atoms with Gasteiger partial charge in [-0.25, -0.2) is 4.79 Å². The van der Waals surface area contributed by atoms with Crippen molar-refractivity contribution in [3.05, 3.63) is 0 Å². The van der Waals surface area contributed by atoms with Crippen molar-refractivity contribution in [2.45, 2.75) is 59.7 Å². The largest absolute Gasteiger partial charge is 0.500 e. The second-order valence-corrected chi connectivity index (χ2v) is 7.66. The minimum Gasteiger partial charge on any atom is -0.420 e. The molecule has 0 saturated carbocycles. The van der Waals surface area contributed by atoms with Gasteiger partial charge >= 0.3 is 14.9 Å². The molecular weight excluding hydrogens is 334 g/mol. The van der Waals surface area contributed by atoms with E-state index >= 15 is 0 Å². The maximum absolute atomic E-state index is 11.7. The second kappa shape index (κ2) is 13.6. The van der Waals surface area contributed by atoms with Crippen molar-refractivity contribution >= 4 is 14.9 Å². The van der Waals surface area contributed by atoms with E-state index in [0.717, 1.165) is 0 Å². The third-order valence-corrected chi connectivity index (χ3v) is 6.16. The molecule has 0 bridgehead atoms. The Balaban J connectivity index is 4.16. The van der Waals surface area contributed by atoms with Crippen molar-refractivity contribution in [2.24, 2.45) is 0 Å². The van der Waals surface area contributed by atoms with Gasteiger partial charge in [0.2, 0.25) is 6.29 Å². The summed E-state index contributed by atoms with van der Waals surface area (Å²) in [5, 5.41) is 2.68. The molecule has 0 rings (SSSR count). The van der Waals surface area contributed by atoms with Gasteiger partial charge in [-0.15, -0.1) is 0 Å². The van der Waals surface area contributed by atoms with Crippen LogP contribution in [0.3, 0.4) is 0 Å². The van der Waals surface area contributed by atoms with Crippen LogP contribution >= 0.6 is 0 Å². The highest BCUT2D eigenvalue weighted by atomic mass is 28.4. The molecule has 144 valence electrons. The van der Waals surface area contributed by atoms with E-state index in [1.807, 2.05) is 20.8 Å². The molecule has 2 atom stereocenters. The van der Waals surface area contributed by atoms with Gasteiger partial charge in [-0.05, 0) is 41.0 Å². The van der Waals surface area contributed by atoms with Crippen LogP contribution in [0.4, 0.5) is 4.79 Å². The van der Waals surface area contributed by atoms with Crippen LogP contribution in [0.5, 0.6) is 0 Å². The predicted molar refractivity (Wildman–Crippen MR) is 91.6 cm³/mol. The highest BCUT2D eigenvalue weighted by Gasteiger charge is 2.39. The predicted octanol–water partition coefficient (Wildman–Crippen LogP) is 2.51. The molecule has 1 amide bonds. The van der Waals surface area contributed by atoms with Crippen LogP contribution in [0.25, 0.3) is 0 Å². The van der Waals surface area contributed by atoms with Crippen molar-refractivity contribution in [1.29, 1.82) is 0 Å². The summed E-state index contributed by atoms with van der Waals surface area (Å²) in [7, 11) is -1.14. The Kier molecular flexibility index (Phi) is 13.2. The van der Waals surface area contributed by atoms with Crippen LogP contribution in [0.1, 0.15) is 41.0 Å². The molecule has 0 radical (unpaired) electrons. The van der Waals surface area contributed by atoms with Crippen LogP contribution in [-0.2, 0) is 27.5 Å². The highest BCUT2D eigenvalue weighted by Crippen LogP contribution is 2.17. The molecule has 8 nitrogen and oxygen atoms in total. The number of amides is 1. The van der Waals surface area contributed by atoms with Crippen molar-refractivity contribution in [2.75, 3.05) is 33.5 Å². The molecule has 0 spiro atoms. The van der Waals surface area contributed by atoms with Gasteiger partial charge in [0.1, 0.15) is 0 Å². The molecule has 0 aromatic heterocycles. The average molecular weight is 368 g/mol. The van der Waals surface area contributed by atoms with E-state index in [1.54, 1.807) is 13.8 Å². The Hall–Kier alpha value is -0.713. The summed E-state index contributed by atoms with van der Waals surface area (Å²) in [5.74, 6) is 0. The third kappa shape index (κ3) is 10.2. The van der Waals surface area contributed by atoms with Crippen LogP contribution in [-0.4, -0.2) is 61.0 Å². The number of methoxy groups -OCH3 is 1. The van der Waals surface area contributed by atoms with Crippen LogP contribution in [0.15, 0.2) is 0 Å². The number of hydrogen-bond donors (Lipinski definition) is 1. The lowest BCUT2D eigenvalue weighted by Crippen LogP contribution is -2.46.